The third kappa shape index (κ3) is 3.89. The second-order valence-electron chi connectivity index (χ2n) is 5.61. The average Bonchev–Trinajstić information content (AvgIpc) is 2.62. The molecule has 0 aliphatic rings. The van der Waals surface area contributed by atoms with Crippen LogP contribution in [0, 0.1) is 6.92 Å². The second kappa shape index (κ2) is 7.88. The van der Waals surface area contributed by atoms with E-state index in [0.29, 0.717) is 33.4 Å². The summed E-state index contributed by atoms with van der Waals surface area (Å²) < 4.78 is 1.55. The van der Waals surface area contributed by atoms with Crippen molar-refractivity contribution in [3.05, 3.63) is 57.5 Å². The Labute approximate surface area is 159 Å². The van der Waals surface area contributed by atoms with Crippen molar-refractivity contribution >= 4 is 46.0 Å². The van der Waals surface area contributed by atoms with E-state index in [1.165, 1.54) is 11.8 Å². The van der Waals surface area contributed by atoms with Crippen LogP contribution in [0.3, 0.4) is 0 Å². The molecule has 0 unspecified atom stereocenters. The molecule has 0 aliphatic carbocycles. The number of hydrogen-bond donors (Lipinski definition) is 1. The molecule has 0 saturated heterocycles. The maximum Gasteiger partial charge on any atom is 0.263 e. The molecule has 2 aromatic heterocycles. The Morgan fingerprint density at radius 2 is 2.15 bits per heavy atom. The number of benzene rings is 1. The zero-order valence-electron chi connectivity index (χ0n) is 14.3. The number of amides is 1. The Kier molecular flexibility index (Phi) is 5.58. The number of carbonyl (C=O) groups excluding carboxylic acids is 1. The summed E-state index contributed by atoms with van der Waals surface area (Å²) in [5.74, 6) is -0.0502. The molecular formula is C18H17ClN4O2S. The molecule has 0 atom stereocenters. The van der Waals surface area contributed by atoms with Gasteiger partial charge in [-0.3, -0.25) is 14.2 Å². The number of hydrogen-bond acceptors (Lipinski definition) is 5. The van der Waals surface area contributed by atoms with E-state index in [0.717, 1.165) is 5.56 Å². The molecule has 26 heavy (non-hydrogen) atoms. The zero-order chi connectivity index (χ0) is 18.7. The van der Waals surface area contributed by atoms with E-state index in [9.17, 15) is 9.59 Å². The maximum atomic E-state index is 12.5. The number of halogens is 1. The molecule has 0 aliphatic heterocycles. The van der Waals surface area contributed by atoms with Crippen molar-refractivity contribution in [1.29, 1.82) is 0 Å². The molecule has 134 valence electrons. The standard InChI is InChI=1S/C18H17ClN4O2S/c1-3-23-17(25)13-5-4-8-20-16(13)22-18(23)26-10-15(24)21-14-7-6-12(19)9-11(14)2/h4-9H,3,10H2,1-2H3,(H,21,24). The number of fused-ring (bicyclic) bond motifs is 1. The molecule has 1 N–H and O–H groups in total. The molecule has 0 bridgehead atoms. The Balaban J connectivity index is 1.78. The predicted molar refractivity (Wildman–Crippen MR) is 105 cm³/mol. The minimum Gasteiger partial charge on any atom is -0.325 e. The summed E-state index contributed by atoms with van der Waals surface area (Å²) >= 11 is 7.14. The molecule has 3 rings (SSSR count). The Morgan fingerprint density at radius 1 is 1.35 bits per heavy atom. The van der Waals surface area contributed by atoms with Crippen molar-refractivity contribution in [2.45, 2.75) is 25.5 Å². The first-order valence-corrected chi connectivity index (χ1v) is 9.40. The number of pyridine rings is 1. The molecule has 6 nitrogen and oxygen atoms in total. The van der Waals surface area contributed by atoms with Gasteiger partial charge in [-0.25, -0.2) is 9.97 Å². The van der Waals surface area contributed by atoms with E-state index in [1.807, 2.05) is 13.8 Å². The van der Waals surface area contributed by atoms with Crippen molar-refractivity contribution in [3.8, 4) is 0 Å². The Hall–Kier alpha value is -2.38. The van der Waals surface area contributed by atoms with Crippen LogP contribution in [0.25, 0.3) is 11.0 Å². The van der Waals surface area contributed by atoms with Gasteiger partial charge < -0.3 is 5.32 Å². The molecular weight excluding hydrogens is 372 g/mol. The highest BCUT2D eigenvalue weighted by molar-refractivity contribution is 7.99. The van der Waals surface area contributed by atoms with Crippen molar-refractivity contribution in [1.82, 2.24) is 14.5 Å². The number of anilines is 1. The molecule has 3 aromatic rings. The van der Waals surface area contributed by atoms with Crippen LogP contribution in [-0.4, -0.2) is 26.2 Å². The van der Waals surface area contributed by atoms with E-state index < -0.39 is 0 Å². The van der Waals surface area contributed by atoms with Gasteiger partial charge in [-0.1, -0.05) is 23.4 Å². The summed E-state index contributed by atoms with van der Waals surface area (Å²) in [6, 6.07) is 8.69. The van der Waals surface area contributed by atoms with Gasteiger partial charge in [0.1, 0.15) is 0 Å². The number of aryl methyl sites for hydroxylation is 1. The van der Waals surface area contributed by atoms with Crippen molar-refractivity contribution in [2.24, 2.45) is 0 Å². The van der Waals surface area contributed by atoms with E-state index in [-0.39, 0.29) is 17.2 Å². The molecule has 1 amide bonds. The maximum absolute atomic E-state index is 12.5. The van der Waals surface area contributed by atoms with Gasteiger partial charge in [0.05, 0.1) is 11.1 Å². The quantitative estimate of drug-likeness (QED) is 0.534. The summed E-state index contributed by atoms with van der Waals surface area (Å²) in [4.78, 5) is 33.4. The fourth-order valence-electron chi connectivity index (χ4n) is 2.51. The highest BCUT2D eigenvalue weighted by Gasteiger charge is 2.13. The number of nitrogens with zero attached hydrogens (tertiary/aromatic N) is 3. The van der Waals surface area contributed by atoms with Crippen molar-refractivity contribution in [2.75, 3.05) is 11.1 Å². The first-order valence-electron chi connectivity index (χ1n) is 8.04. The summed E-state index contributed by atoms with van der Waals surface area (Å²) in [5.41, 5.74) is 1.83. The lowest BCUT2D eigenvalue weighted by atomic mass is 10.2. The fraction of sp³-hybridized carbons (Fsp3) is 0.222. The monoisotopic (exact) mass is 388 g/mol. The van der Waals surface area contributed by atoms with Crippen LogP contribution in [-0.2, 0) is 11.3 Å². The van der Waals surface area contributed by atoms with Gasteiger partial charge in [-0.05, 0) is 49.7 Å². The number of nitrogens with one attached hydrogen (secondary N) is 1. The summed E-state index contributed by atoms with van der Waals surface area (Å²) in [5, 5.41) is 4.42. The van der Waals surface area contributed by atoms with Gasteiger partial charge in [-0.15, -0.1) is 0 Å². The molecule has 2 heterocycles. The lowest BCUT2D eigenvalue weighted by Gasteiger charge is -2.11. The number of rotatable bonds is 5. The van der Waals surface area contributed by atoms with Crippen molar-refractivity contribution < 1.29 is 4.79 Å². The molecule has 1 aromatic carbocycles. The smallest absolute Gasteiger partial charge is 0.263 e. The van der Waals surface area contributed by atoms with Gasteiger partial charge in [-0.2, -0.15) is 0 Å². The normalized spacial score (nSPS) is 10.9. The number of carbonyl (C=O) groups is 1. The van der Waals surface area contributed by atoms with E-state index >= 15 is 0 Å². The Bertz CT molecular complexity index is 1040. The van der Waals surface area contributed by atoms with Gasteiger partial charge in [0.25, 0.3) is 5.56 Å². The van der Waals surface area contributed by atoms with Crippen LogP contribution in [0.5, 0.6) is 0 Å². The first-order chi connectivity index (χ1) is 12.5. The highest BCUT2D eigenvalue weighted by Crippen LogP contribution is 2.21. The second-order valence-corrected chi connectivity index (χ2v) is 6.99. The molecule has 0 fully saturated rings. The first kappa shape index (κ1) is 18.4. The van der Waals surface area contributed by atoms with E-state index in [4.69, 9.17) is 11.6 Å². The molecule has 8 heteroatoms. The highest BCUT2D eigenvalue weighted by atomic mass is 35.5. The minimum atomic E-state index is -0.182. The average molecular weight is 389 g/mol. The van der Waals surface area contributed by atoms with Crippen LogP contribution >= 0.6 is 23.4 Å². The fourth-order valence-corrected chi connectivity index (χ4v) is 3.59. The molecule has 0 saturated carbocycles. The third-order valence-corrected chi connectivity index (χ3v) is 5.02. The number of thioether (sulfide) groups is 1. The van der Waals surface area contributed by atoms with Gasteiger partial charge in [0.15, 0.2) is 10.8 Å². The lowest BCUT2D eigenvalue weighted by molar-refractivity contribution is -0.113. The van der Waals surface area contributed by atoms with Gasteiger partial charge in [0.2, 0.25) is 5.91 Å². The topological polar surface area (TPSA) is 76.9 Å². The minimum absolute atomic E-state index is 0.132. The van der Waals surface area contributed by atoms with Crippen LogP contribution in [0.2, 0.25) is 5.02 Å². The summed E-state index contributed by atoms with van der Waals surface area (Å²) in [7, 11) is 0. The predicted octanol–water partition coefficient (Wildman–Crippen LogP) is 3.50. The van der Waals surface area contributed by atoms with Crippen LogP contribution < -0.4 is 10.9 Å². The van der Waals surface area contributed by atoms with Gasteiger partial charge in [0, 0.05) is 23.5 Å². The van der Waals surface area contributed by atoms with Crippen LogP contribution in [0.15, 0.2) is 46.5 Å². The largest absolute Gasteiger partial charge is 0.325 e. The Morgan fingerprint density at radius 3 is 2.88 bits per heavy atom. The summed E-state index contributed by atoms with van der Waals surface area (Å²) in [6.45, 7) is 4.21. The lowest BCUT2D eigenvalue weighted by Crippen LogP contribution is -2.23. The van der Waals surface area contributed by atoms with Crippen molar-refractivity contribution in [3.63, 3.8) is 0 Å². The number of aromatic nitrogens is 3. The molecule has 0 radical (unpaired) electrons. The van der Waals surface area contributed by atoms with Crippen LogP contribution in [0.4, 0.5) is 5.69 Å². The molecule has 0 spiro atoms. The zero-order valence-corrected chi connectivity index (χ0v) is 15.9. The van der Waals surface area contributed by atoms with E-state index in [1.54, 1.807) is 41.1 Å². The third-order valence-electron chi connectivity index (χ3n) is 3.81. The van der Waals surface area contributed by atoms with Crippen LogP contribution in [0.1, 0.15) is 12.5 Å². The van der Waals surface area contributed by atoms with Gasteiger partial charge >= 0.3 is 0 Å². The SMILES string of the molecule is CCn1c(SCC(=O)Nc2ccc(Cl)cc2C)nc2ncccc2c1=O. The van der Waals surface area contributed by atoms with E-state index in [2.05, 4.69) is 15.3 Å². The summed E-state index contributed by atoms with van der Waals surface area (Å²) in [6.07, 6.45) is 1.59.